The molecule has 2 aromatic rings. The van der Waals surface area contributed by atoms with Gasteiger partial charge in [-0.15, -0.1) is 0 Å². The summed E-state index contributed by atoms with van der Waals surface area (Å²) in [6, 6.07) is 10.0. The van der Waals surface area contributed by atoms with E-state index in [2.05, 4.69) is 4.98 Å². The highest BCUT2D eigenvalue weighted by molar-refractivity contribution is 6.30. The molecule has 0 saturated heterocycles. The highest BCUT2D eigenvalue weighted by Gasteiger charge is 2.27. The molecule has 126 valence electrons. The average molecular weight is 350 g/mol. The van der Waals surface area contributed by atoms with Gasteiger partial charge < -0.3 is 14.6 Å². The number of aromatic nitrogens is 1. The van der Waals surface area contributed by atoms with Gasteiger partial charge in [-0.25, -0.2) is 4.98 Å². The maximum Gasteiger partial charge on any atom is 0.320 e. The quantitative estimate of drug-likeness (QED) is 0.609. The topological polar surface area (TPSA) is 85.7 Å². The summed E-state index contributed by atoms with van der Waals surface area (Å²) in [6.45, 7) is 1.78. The number of carbonyl (C=O) groups excluding carboxylic acids is 1. The van der Waals surface area contributed by atoms with Gasteiger partial charge in [0, 0.05) is 12.3 Å². The molecule has 2 rings (SSSR count). The molecule has 0 amide bonds. The van der Waals surface area contributed by atoms with Crippen LogP contribution in [0, 0.1) is 5.92 Å². The lowest BCUT2D eigenvalue weighted by atomic mass is 9.99. The molecule has 1 N–H and O–H groups in total. The van der Waals surface area contributed by atoms with E-state index in [9.17, 15) is 9.59 Å². The summed E-state index contributed by atoms with van der Waals surface area (Å²) in [6.07, 6.45) is 1.52. The van der Waals surface area contributed by atoms with Gasteiger partial charge in [-0.05, 0) is 37.1 Å². The van der Waals surface area contributed by atoms with Crippen LogP contribution >= 0.6 is 11.6 Å². The zero-order valence-corrected chi connectivity index (χ0v) is 13.7. The van der Waals surface area contributed by atoms with Crippen molar-refractivity contribution in [2.24, 2.45) is 5.92 Å². The Labute approximate surface area is 144 Å². The van der Waals surface area contributed by atoms with Crippen molar-refractivity contribution in [3.8, 4) is 11.6 Å². The number of hydrogen-bond acceptors (Lipinski definition) is 5. The molecular weight excluding hydrogens is 334 g/mol. The second-order valence-corrected chi connectivity index (χ2v) is 5.34. The molecule has 0 saturated carbocycles. The van der Waals surface area contributed by atoms with Crippen LogP contribution in [0.15, 0.2) is 42.6 Å². The number of benzene rings is 1. The Morgan fingerprint density at radius 2 is 1.92 bits per heavy atom. The lowest BCUT2D eigenvalue weighted by Crippen LogP contribution is -2.27. The Hall–Kier alpha value is -2.60. The van der Waals surface area contributed by atoms with Crippen LogP contribution < -0.4 is 4.74 Å². The molecule has 1 unspecified atom stereocenters. The SMILES string of the molecule is CCOC(=O)C(Cc1ccc(Oc2ccc(Cl)cn2)cc1)C(=O)O. The third-order valence-electron chi connectivity index (χ3n) is 3.16. The van der Waals surface area contributed by atoms with E-state index in [-0.39, 0.29) is 13.0 Å². The fourth-order valence-electron chi connectivity index (χ4n) is 1.99. The Bertz CT molecular complexity index is 700. The molecule has 6 nitrogen and oxygen atoms in total. The Kier molecular flexibility index (Phi) is 6.14. The number of halogens is 1. The molecule has 0 radical (unpaired) electrons. The fourth-order valence-corrected chi connectivity index (χ4v) is 2.10. The molecule has 0 spiro atoms. The molecule has 0 aliphatic heterocycles. The summed E-state index contributed by atoms with van der Waals surface area (Å²) in [7, 11) is 0. The second kappa shape index (κ2) is 8.31. The van der Waals surface area contributed by atoms with E-state index < -0.39 is 17.9 Å². The minimum absolute atomic E-state index is 0.0492. The molecule has 24 heavy (non-hydrogen) atoms. The molecule has 0 fully saturated rings. The van der Waals surface area contributed by atoms with Gasteiger partial charge in [0.2, 0.25) is 5.88 Å². The molecule has 7 heteroatoms. The van der Waals surface area contributed by atoms with E-state index in [1.807, 2.05) is 0 Å². The van der Waals surface area contributed by atoms with E-state index in [0.717, 1.165) is 0 Å². The van der Waals surface area contributed by atoms with Crippen molar-refractivity contribution < 1.29 is 24.2 Å². The number of ether oxygens (including phenoxy) is 2. The summed E-state index contributed by atoms with van der Waals surface area (Å²) in [5, 5.41) is 9.67. The van der Waals surface area contributed by atoms with Crippen LogP contribution in [0.25, 0.3) is 0 Å². The Morgan fingerprint density at radius 3 is 2.46 bits per heavy atom. The third kappa shape index (κ3) is 4.96. The number of esters is 1. The number of aliphatic carboxylic acids is 1. The Balaban J connectivity index is 2.03. The first kappa shape index (κ1) is 17.7. The monoisotopic (exact) mass is 349 g/mol. The Morgan fingerprint density at radius 1 is 1.21 bits per heavy atom. The molecule has 1 aromatic heterocycles. The van der Waals surface area contributed by atoms with E-state index in [4.69, 9.17) is 26.2 Å². The van der Waals surface area contributed by atoms with Gasteiger partial charge in [0.05, 0.1) is 11.6 Å². The molecule has 0 bridgehead atoms. The zero-order valence-electron chi connectivity index (χ0n) is 12.9. The lowest BCUT2D eigenvalue weighted by Gasteiger charge is -2.11. The van der Waals surface area contributed by atoms with E-state index in [1.165, 1.54) is 6.20 Å². The van der Waals surface area contributed by atoms with Crippen molar-refractivity contribution in [2.75, 3.05) is 6.61 Å². The van der Waals surface area contributed by atoms with Crippen molar-refractivity contribution in [3.63, 3.8) is 0 Å². The van der Waals surface area contributed by atoms with Crippen LogP contribution in [-0.2, 0) is 20.7 Å². The molecule has 0 aliphatic rings. The highest BCUT2D eigenvalue weighted by Crippen LogP contribution is 2.22. The molecular formula is C17H16ClNO5. The van der Waals surface area contributed by atoms with Crippen LogP contribution in [0.4, 0.5) is 0 Å². The van der Waals surface area contributed by atoms with Crippen LogP contribution in [0.2, 0.25) is 5.02 Å². The van der Waals surface area contributed by atoms with Crippen LogP contribution in [0.5, 0.6) is 11.6 Å². The van der Waals surface area contributed by atoms with E-state index in [0.29, 0.717) is 22.2 Å². The number of carboxylic acids is 1. The van der Waals surface area contributed by atoms with Gasteiger partial charge in [0.25, 0.3) is 0 Å². The van der Waals surface area contributed by atoms with Gasteiger partial charge in [0.15, 0.2) is 5.92 Å². The van der Waals surface area contributed by atoms with Gasteiger partial charge in [0.1, 0.15) is 5.75 Å². The van der Waals surface area contributed by atoms with Gasteiger partial charge in [-0.2, -0.15) is 0 Å². The summed E-state index contributed by atoms with van der Waals surface area (Å²) in [4.78, 5) is 26.9. The van der Waals surface area contributed by atoms with Gasteiger partial charge in [-0.3, -0.25) is 9.59 Å². The number of rotatable bonds is 7. The highest BCUT2D eigenvalue weighted by atomic mass is 35.5. The largest absolute Gasteiger partial charge is 0.481 e. The van der Waals surface area contributed by atoms with Crippen molar-refractivity contribution in [1.82, 2.24) is 4.98 Å². The first-order chi connectivity index (χ1) is 11.5. The molecule has 1 atom stereocenters. The standard InChI is InChI=1S/C17H16ClNO5/c1-2-23-17(22)14(16(20)21)9-11-3-6-13(7-4-11)24-15-8-5-12(18)10-19-15/h3-8,10,14H,2,9H2,1H3,(H,20,21). The molecule has 1 heterocycles. The molecule has 0 aliphatic carbocycles. The third-order valence-corrected chi connectivity index (χ3v) is 3.38. The van der Waals surface area contributed by atoms with Crippen molar-refractivity contribution in [3.05, 3.63) is 53.2 Å². The van der Waals surface area contributed by atoms with Crippen LogP contribution in [0.3, 0.4) is 0 Å². The lowest BCUT2D eigenvalue weighted by molar-refractivity contribution is -0.158. The summed E-state index contributed by atoms with van der Waals surface area (Å²) in [5.74, 6) is -2.25. The van der Waals surface area contributed by atoms with E-state index in [1.54, 1.807) is 43.3 Å². The van der Waals surface area contributed by atoms with Crippen molar-refractivity contribution >= 4 is 23.5 Å². The van der Waals surface area contributed by atoms with Crippen molar-refractivity contribution in [2.45, 2.75) is 13.3 Å². The smallest absolute Gasteiger partial charge is 0.320 e. The maximum atomic E-state index is 11.7. The first-order valence-electron chi connectivity index (χ1n) is 7.27. The fraction of sp³-hybridized carbons (Fsp3) is 0.235. The number of nitrogens with zero attached hydrogens (tertiary/aromatic N) is 1. The molecule has 1 aromatic carbocycles. The minimum Gasteiger partial charge on any atom is -0.481 e. The predicted molar refractivity (Wildman–Crippen MR) is 87.2 cm³/mol. The van der Waals surface area contributed by atoms with Gasteiger partial charge in [-0.1, -0.05) is 23.7 Å². The number of hydrogen-bond donors (Lipinski definition) is 1. The average Bonchev–Trinajstić information content (AvgIpc) is 2.56. The summed E-state index contributed by atoms with van der Waals surface area (Å²) in [5.41, 5.74) is 0.687. The second-order valence-electron chi connectivity index (χ2n) is 4.91. The zero-order chi connectivity index (χ0) is 17.5. The van der Waals surface area contributed by atoms with E-state index >= 15 is 0 Å². The van der Waals surface area contributed by atoms with Crippen molar-refractivity contribution in [1.29, 1.82) is 0 Å². The minimum atomic E-state index is -1.23. The summed E-state index contributed by atoms with van der Waals surface area (Å²) < 4.78 is 10.3. The summed E-state index contributed by atoms with van der Waals surface area (Å²) >= 11 is 5.75. The predicted octanol–water partition coefficient (Wildman–Crippen LogP) is 3.33. The number of pyridine rings is 1. The first-order valence-corrected chi connectivity index (χ1v) is 7.65. The van der Waals surface area contributed by atoms with Crippen LogP contribution in [-0.4, -0.2) is 28.6 Å². The normalized spacial score (nSPS) is 11.6. The van der Waals surface area contributed by atoms with Crippen LogP contribution in [0.1, 0.15) is 12.5 Å². The number of carboxylic acid groups (broad SMARTS) is 1. The number of carbonyl (C=O) groups is 2. The van der Waals surface area contributed by atoms with Gasteiger partial charge >= 0.3 is 11.9 Å². The maximum absolute atomic E-state index is 11.7.